The first kappa shape index (κ1) is 19.1. The second kappa shape index (κ2) is 7.90. The first-order valence-electron chi connectivity index (χ1n) is 8.18. The van der Waals surface area contributed by atoms with Crippen molar-refractivity contribution in [3.8, 4) is 0 Å². The molecule has 1 fully saturated rings. The standard InChI is InChI=1S/C17H19Cl2N3O3S/c1-9-13(18)14(19)15(20-9)16(23)21-10-5-7-22(8-6-10)12-4-3-11(26-12)17(24)25-2/h3-4,10,20H,5-8H2,1-2H3,(H,21,23). The summed E-state index contributed by atoms with van der Waals surface area (Å²) in [6.07, 6.45) is 1.62. The fourth-order valence-electron chi connectivity index (χ4n) is 2.94. The number of anilines is 1. The molecule has 1 amide bonds. The largest absolute Gasteiger partial charge is 0.465 e. The Balaban J connectivity index is 1.57. The molecule has 140 valence electrons. The molecule has 2 aromatic rings. The van der Waals surface area contributed by atoms with E-state index in [1.165, 1.54) is 18.4 Å². The molecule has 2 aromatic heterocycles. The van der Waals surface area contributed by atoms with Crippen LogP contribution in [0, 0.1) is 6.92 Å². The lowest BCUT2D eigenvalue weighted by atomic mass is 10.1. The summed E-state index contributed by atoms with van der Waals surface area (Å²) in [4.78, 5) is 29.7. The molecule has 0 atom stereocenters. The molecule has 1 aliphatic heterocycles. The van der Waals surface area contributed by atoms with Gasteiger partial charge in [-0.1, -0.05) is 23.2 Å². The summed E-state index contributed by atoms with van der Waals surface area (Å²) < 4.78 is 4.74. The second-order valence-electron chi connectivity index (χ2n) is 6.12. The average Bonchev–Trinajstić information content (AvgIpc) is 3.23. The fraction of sp³-hybridized carbons (Fsp3) is 0.412. The van der Waals surface area contributed by atoms with E-state index < -0.39 is 0 Å². The smallest absolute Gasteiger partial charge is 0.348 e. The molecule has 9 heteroatoms. The zero-order chi connectivity index (χ0) is 18.8. The number of aryl methyl sites for hydroxylation is 1. The van der Waals surface area contributed by atoms with E-state index in [0.717, 1.165) is 30.9 Å². The highest BCUT2D eigenvalue weighted by molar-refractivity contribution is 7.17. The first-order chi connectivity index (χ1) is 12.4. The molecule has 0 aromatic carbocycles. The van der Waals surface area contributed by atoms with E-state index in [1.807, 2.05) is 6.07 Å². The molecule has 0 unspecified atom stereocenters. The zero-order valence-corrected chi connectivity index (χ0v) is 16.7. The zero-order valence-electron chi connectivity index (χ0n) is 14.4. The Morgan fingerprint density at radius 1 is 1.27 bits per heavy atom. The van der Waals surface area contributed by atoms with Gasteiger partial charge in [-0.05, 0) is 31.9 Å². The van der Waals surface area contributed by atoms with E-state index in [2.05, 4.69) is 15.2 Å². The molecular formula is C17H19Cl2N3O3S. The Hall–Kier alpha value is -1.70. The van der Waals surface area contributed by atoms with Crippen molar-refractivity contribution in [1.82, 2.24) is 10.3 Å². The molecule has 1 aliphatic rings. The molecular weight excluding hydrogens is 397 g/mol. The summed E-state index contributed by atoms with van der Waals surface area (Å²) >= 11 is 13.5. The Labute approximate surface area is 165 Å². The molecule has 0 saturated carbocycles. The van der Waals surface area contributed by atoms with Crippen molar-refractivity contribution >= 4 is 51.4 Å². The van der Waals surface area contributed by atoms with E-state index in [1.54, 1.807) is 13.0 Å². The Bertz CT molecular complexity index is 825. The highest BCUT2D eigenvalue weighted by atomic mass is 35.5. The highest BCUT2D eigenvalue weighted by Gasteiger charge is 2.25. The van der Waals surface area contributed by atoms with E-state index in [9.17, 15) is 9.59 Å². The number of halogens is 2. The van der Waals surface area contributed by atoms with E-state index in [4.69, 9.17) is 27.9 Å². The van der Waals surface area contributed by atoms with E-state index >= 15 is 0 Å². The van der Waals surface area contributed by atoms with Gasteiger partial charge in [-0.15, -0.1) is 11.3 Å². The van der Waals surface area contributed by atoms with E-state index in [-0.39, 0.29) is 22.9 Å². The minimum absolute atomic E-state index is 0.0669. The van der Waals surface area contributed by atoms with Crippen LogP contribution in [0.4, 0.5) is 5.00 Å². The van der Waals surface area contributed by atoms with E-state index in [0.29, 0.717) is 21.3 Å². The van der Waals surface area contributed by atoms with Crippen LogP contribution in [0.15, 0.2) is 12.1 Å². The number of amides is 1. The highest BCUT2D eigenvalue weighted by Crippen LogP contribution is 2.30. The number of methoxy groups -OCH3 is 1. The summed E-state index contributed by atoms with van der Waals surface area (Å²) in [5.41, 5.74) is 0.980. The van der Waals surface area contributed by atoms with Crippen LogP contribution in [0.2, 0.25) is 10.0 Å². The molecule has 0 bridgehead atoms. The first-order valence-corrected chi connectivity index (χ1v) is 9.75. The molecule has 2 N–H and O–H groups in total. The number of esters is 1. The van der Waals surface area contributed by atoms with Crippen LogP contribution in [0.3, 0.4) is 0 Å². The van der Waals surface area contributed by atoms with Crippen molar-refractivity contribution in [1.29, 1.82) is 0 Å². The lowest BCUT2D eigenvalue weighted by Crippen LogP contribution is -2.44. The van der Waals surface area contributed by atoms with Gasteiger partial charge < -0.3 is 19.9 Å². The quantitative estimate of drug-likeness (QED) is 0.742. The number of aromatic amines is 1. The van der Waals surface area contributed by atoms with Crippen molar-refractivity contribution in [2.45, 2.75) is 25.8 Å². The lowest BCUT2D eigenvalue weighted by Gasteiger charge is -2.32. The Kier molecular flexibility index (Phi) is 5.79. The number of aromatic nitrogens is 1. The van der Waals surface area contributed by atoms with Crippen molar-refractivity contribution in [3.63, 3.8) is 0 Å². The van der Waals surface area contributed by atoms with Gasteiger partial charge >= 0.3 is 5.97 Å². The maximum absolute atomic E-state index is 12.4. The third kappa shape index (κ3) is 3.84. The van der Waals surface area contributed by atoms with Gasteiger partial charge in [0.1, 0.15) is 10.6 Å². The van der Waals surface area contributed by atoms with Gasteiger partial charge in [0.05, 0.1) is 22.2 Å². The number of ether oxygens (including phenoxy) is 1. The summed E-state index contributed by atoms with van der Waals surface area (Å²) in [6, 6.07) is 3.77. The monoisotopic (exact) mass is 415 g/mol. The predicted molar refractivity (Wildman–Crippen MR) is 104 cm³/mol. The third-order valence-corrected chi connectivity index (χ3v) is 6.47. The molecule has 3 heterocycles. The molecule has 3 rings (SSSR count). The number of nitrogens with one attached hydrogen (secondary N) is 2. The number of hydrogen-bond donors (Lipinski definition) is 2. The minimum atomic E-state index is -0.319. The van der Waals surface area contributed by atoms with Gasteiger partial charge in [0.25, 0.3) is 5.91 Å². The maximum Gasteiger partial charge on any atom is 0.348 e. The number of rotatable bonds is 4. The minimum Gasteiger partial charge on any atom is -0.465 e. The third-order valence-electron chi connectivity index (χ3n) is 4.40. The summed E-state index contributed by atoms with van der Waals surface area (Å²) in [6.45, 7) is 3.36. The number of hydrogen-bond acceptors (Lipinski definition) is 5. The number of H-pyrrole nitrogens is 1. The van der Waals surface area contributed by atoms with Crippen molar-refractivity contribution in [2.75, 3.05) is 25.1 Å². The van der Waals surface area contributed by atoms with Crippen LogP contribution < -0.4 is 10.2 Å². The van der Waals surface area contributed by atoms with Crippen molar-refractivity contribution in [3.05, 3.63) is 38.4 Å². The number of piperidine rings is 1. The number of carbonyl (C=O) groups is 2. The van der Waals surface area contributed by atoms with Crippen molar-refractivity contribution < 1.29 is 14.3 Å². The number of carbonyl (C=O) groups excluding carboxylic acids is 2. The maximum atomic E-state index is 12.4. The molecule has 1 saturated heterocycles. The van der Waals surface area contributed by atoms with Crippen LogP contribution in [-0.4, -0.2) is 43.1 Å². The van der Waals surface area contributed by atoms with Crippen LogP contribution in [0.1, 0.15) is 38.7 Å². The fourth-order valence-corrected chi connectivity index (χ4v) is 4.33. The topological polar surface area (TPSA) is 74.4 Å². The van der Waals surface area contributed by atoms with Crippen LogP contribution >= 0.6 is 34.5 Å². The number of nitrogens with zero attached hydrogens (tertiary/aromatic N) is 1. The molecule has 0 aliphatic carbocycles. The van der Waals surface area contributed by atoms with Gasteiger partial charge in [-0.2, -0.15) is 0 Å². The molecule has 6 nitrogen and oxygen atoms in total. The van der Waals surface area contributed by atoms with Gasteiger partial charge in [0, 0.05) is 24.8 Å². The van der Waals surface area contributed by atoms with Crippen LogP contribution in [-0.2, 0) is 4.74 Å². The molecule has 0 radical (unpaired) electrons. The Morgan fingerprint density at radius 3 is 2.54 bits per heavy atom. The normalized spacial score (nSPS) is 15.2. The SMILES string of the molecule is COC(=O)c1ccc(N2CCC(NC(=O)c3[nH]c(C)c(Cl)c3Cl)CC2)s1. The molecule has 0 spiro atoms. The summed E-state index contributed by atoms with van der Waals surface area (Å²) in [5.74, 6) is -0.562. The molecule has 26 heavy (non-hydrogen) atoms. The van der Waals surface area contributed by atoms with Crippen LogP contribution in [0.5, 0.6) is 0 Å². The number of thiophene rings is 1. The van der Waals surface area contributed by atoms with Crippen LogP contribution in [0.25, 0.3) is 0 Å². The van der Waals surface area contributed by atoms with Gasteiger partial charge in [0.2, 0.25) is 0 Å². The van der Waals surface area contributed by atoms with Gasteiger partial charge in [-0.3, -0.25) is 4.79 Å². The summed E-state index contributed by atoms with van der Waals surface area (Å²) in [7, 11) is 1.38. The van der Waals surface area contributed by atoms with Crippen molar-refractivity contribution in [2.24, 2.45) is 0 Å². The summed E-state index contributed by atoms with van der Waals surface area (Å²) in [5, 5.41) is 4.68. The average molecular weight is 416 g/mol. The Morgan fingerprint density at radius 2 is 1.96 bits per heavy atom. The van der Waals surface area contributed by atoms with Gasteiger partial charge in [-0.25, -0.2) is 4.79 Å². The van der Waals surface area contributed by atoms with Gasteiger partial charge in [0.15, 0.2) is 0 Å². The predicted octanol–water partition coefficient (Wildman–Crippen LogP) is 3.88. The second-order valence-corrected chi connectivity index (χ2v) is 7.94. The lowest BCUT2D eigenvalue weighted by molar-refractivity contribution is 0.0606.